The van der Waals surface area contributed by atoms with E-state index in [2.05, 4.69) is 27.7 Å². The van der Waals surface area contributed by atoms with E-state index in [0.717, 1.165) is 19.5 Å². The molecule has 2 amide bonds. The third-order valence-electron chi connectivity index (χ3n) is 5.19. The molecule has 0 aliphatic carbocycles. The number of ether oxygens (including phenoxy) is 1. The third-order valence-corrected chi connectivity index (χ3v) is 5.19. The van der Waals surface area contributed by atoms with Crippen LogP contribution in [0, 0.1) is 5.92 Å². The van der Waals surface area contributed by atoms with E-state index in [1.165, 1.54) is 5.56 Å². The van der Waals surface area contributed by atoms with Gasteiger partial charge in [0.05, 0.1) is 12.1 Å². The highest BCUT2D eigenvalue weighted by molar-refractivity contribution is 5.86. The van der Waals surface area contributed by atoms with Gasteiger partial charge in [0.15, 0.2) is 0 Å². The molecule has 0 bridgehead atoms. The lowest BCUT2D eigenvalue weighted by molar-refractivity contribution is -0.125. The first-order chi connectivity index (χ1) is 14.5. The first kappa shape index (κ1) is 25.1. The molecule has 174 valence electrons. The minimum atomic E-state index is -0.703. The summed E-state index contributed by atoms with van der Waals surface area (Å²) in [4.78, 5) is 27.4. The first-order valence-electron chi connectivity index (χ1n) is 11.3. The lowest BCUT2D eigenvalue weighted by Crippen LogP contribution is -2.54. The Morgan fingerprint density at radius 3 is 2.52 bits per heavy atom. The first-order valence-corrected chi connectivity index (χ1v) is 11.3. The van der Waals surface area contributed by atoms with Crippen molar-refractivity contribution in [1.82, 2.24) is 15.5 Å². The number of amides is 2. The van der Waals surface area contributed by atoms with E-state index in [-0.39, 0.29) is 17.9 Å². The minimum Gasteiger partial charge on any atom is -0.444 e. The second-order valence-electron chi connectivity index (χ2n) is 9.87. The highest BCUT2D eigenvalue weighted by Crippen LogP contribution is 2.16. The van der Waals surface area contributed by atoms with Crippen molar-refractivity contribution < 1.29 is 19.4 Å². The van der Waals surface area contributed by atoms with Gasteiger partial charge in [0.1, 0.15) is 11.6 Å². The van der Waals surface area contributed by atoms with Crippen LogP contribution in [-0.4, -0.2) is 58.9 Å². The number of carbonyl (C=O) groups is 2. The molecule has 0 radical (unpaired) electrons. The van der Waals surface area contributed by atoms with Gasteiger partial charge in [-0.2, -0.15) is 0 Å². The van der Waals surface area contributed by atoms with Crippen molar-refractivity contribution in [3.05, 3.63) is 35.9 Å². The molecule has 31 heavy (non-hydrogen) atoms. The largest absolute Gasteiger partial charge is 0.444 e. The number of benzene rings is 1. The number of aliphatic hydroxyl groups is 1. The van der Waals surface area contributed by atoms with Crippen molar-refractivity contribution in [2.24, 2.45) is 5.92 Å². The average Bonchev–Trinajstić information content (AvgIpc) is 2.81. The van der Waals surface area contributed by atoms with Crippen LogP contribution < -0.4 is 10.6 Å². The molecule has 1 heterocycles. The van der Waals surface area contributed by atoms with Crippen molar-refractivity contribution in [2.75, 3.05) is 13.1 Å². The Morgan fingerprint density at radius 1 is 1.23 bits per heavy atom. The number of likely N-dealkylation sites (tertiary alicyclic amines) is 1. The summed E-state index contributed by atoms with van der Waals surface area (Å²) in [6, 6.07) is 9.13. The smallest absolute Gasteiger partial charge is 0.408 e. The summed E-state index contributed by atoms with van der Waals surface area (Å²) in [6.45, 7) is 11.5. The maximum atomic E-state index is 13.0. The van der Waals surface area contributed by atoms with Crippen molar-refractivity contribution >= 4 is 12.0 Å². The Kier molecular flexibility index (Phi) is 9.32. The van der Waals surface area contributed by atoms with E-state index < -0.39 is 23.8 Å². The zero-order valence-electron chi connectivity index (χ0n) is 19.6. The Morgan fingerprint density at radius 2 is 1.90 bits per heavy atom. The number of alkyl carbamates (subject to hydrolysis) is 1. The average molecular weight is 434 g/mol. The molecule has 1 aliphatic rings. The van der Waals surface area contributed by atoms with Gasteiger partial charge < -0.3 is 20.5 Å². The predicted octanol–water partition coefficient (Wildman–Crippen LogP) is 3.07. The summed E-state index contributed by atoms with van der Waals surface area (Å²) in [6.07, 6.45) is 0.788. The van der Waals surface area contributed by atoms with Crippen LogP contribution in [0.1, 0.15) is 59.4 Å². The van der Waals surface area contributed by atoms with E-state index in [1.54, 1.807) is 20.8 Å². The van der Waals surface area contributed by atoms with E-state index in [0.29, 0.717) is 19.4 Å². The molecule has 1 aliphatic heterocycles. The Hall–Kier alpha value is -2.12. The summed E-state index contributed by atoms with van der Waals surface area (Å²) in [5.74, 6) is -0.0637. The Bertz CT molecular complexity index is 703. The molecule has 1 saturated heterocycles. The fourth-order valence-electron chi connectivity index (χ4n) is 3.80. The molecular formula is C24H39N3O4. The van der Waals surface area contributed by atoms with E-state index >= 15 is 0 Å². The molecule has 2 rings (SSSR count). The normalized spacial score (nSPS) is 21.3. The van der Waals surface area contributed by atoms with Crippen molar-refractivity contribution in [3.63, 3.8) is 0 Å². The fourth-order valence-corrected chi connectivity index (χ4v) is 3.80. The van der Waals surface area contributed by atoms with Gasteiger partial charge in [-0.15, -0.1) is 0 Å². The van der Waals surface area contributed by atoms with Gasteiger partial charge in [0.2, 0.25) is 5.91 Å². The van der Waals surface area contributed by atoms with Crippen molar-refractivity contribution in [2.45, 2.75) is 84.2 Å². The second kappa shape index (κ2) is 11.5. The van der Waals surface area contributed by atoms with E-state index in [4.69, 9.17) is 4.74 Å². The summed E-state index contributed by atoms with van der Waals surface area (Å²) in [5.41, 5.74) is 0.568. The van der Waals surface area contributed by atoms with Gasteiger partial charge in [0, 0.05) is 13.1 Å². The summed E-state index contributed by atoms with van der Waals surface area (Å²) in [5, 5.41) is 16.5. The van der Waals surface area contributed by atoms with Crippen LogP contribution in [0.25, 0.3) is 0 Å². The molecule has 3 atom stereocenters. The number of hydrogen-bond donors (Lipinski definition) is 3. The van der Waals surface area contributed by atoms with E-state index in [1.807, 2.05) is 32.0 Å². The Balaban J connectivity index is 1.96. The number of rotatable bonds is 7. The second-order valence-corrected chi connectivity index (χ2v) is 9.87. The molecule has 2 unspecified atom stereocenters. The third kappa shape index (κ3) is 9.27. The fraction of sp³-hybridized carbons (Fsp3) is 0.667. The molecule has 1 fully saturated rings. The van der Waals surface area contributed by atoms with Crippen LogP contribution in [0.3, 0.4) is 0 Å². The Labute approximate surface area is 186 Å². The lowest BCUT2D eigenvalue weighted by Gasteiger charge is -2.28. The van der Waals surface area contributed by atoms with Crippen molar-refractivity contribution in [1.29, 1.82) is 0 Å². The van der Waals surface area contributed by atoms with Crippen LogP contribution in [-0.2, 0) is 16.1 Å². The quantitative estimate of drug-likeness (QED) is 0.615. The molecule has 3 N–H and O–H groups in total. The number of β-amino-alcohol motifs (C(OH)–C–C–N with tert-alkyl or cyclic N) is 1. The SMILES string of the molecule is CC(C)CC(NC(=O)OC(C)(C)C)C(=O)NC1CCCN(Cc2ccccc2)C[C@@H]1O. The molecule has 0 aromatic heterocycles. The van der Waals surface area contributed by atoms with Gasteiger partial charge in [-0.25, -0.2) is 4.79 Å². The zero-order chi connectivity index (χ0) is 23.0. The molecule has 7 heteroatoms. The number of nitrogens with one attached hydrogen (secondary N) is 2. The number of nitrogens with zero attached hydrogens (tertiary/aromatic N) is 1. The summed E-state index contributed by atoms with van der Waals surface area (Å²) < 4.78 is 5.32. The monoisotopic (exact) mass is 433 g/mol. The van der Waals surface area contributed by atoms with Gasteiger partial charge in [0.25, 0.3) is 0 Å². The predicted molar refractivity (Wildman–Crippen MR) is 122 cm³/mol. The van der Waals surface area contributed by atoms with Gasteiger partial charge in [-0.05, 0) is 58.1 Å². The number of carbonyl (C=O) groups excluding carboxylic acids is 2. The van der Waals surface area contributed by atoms with E-state index in [9.17, 15) is 14.7 Å². The number of aliphatic hydroxyl groups excluding tert-OH is 1. The summed E-state index contributed by atoms with van der Waals surface area (Å²) in [7, 11) is 0. The maximum Gasteiger partial charge on any atom is 0.408 e. The zero-order valence-corrected chi connectivity index (χ0v) is 19.6. The molecule has 0 saturated carbocycles. The highest BCUT2D eigenvalue weighted by Gasteiger charge is 2.31. The summed E-state index contributed by atoms with van der Waals surface area (Å²) >= 11 is 0. The highest BCUT2D eigenvalue weighted by atomic mass is 16.6. The van der Waals surface area contributed by atoms with Crippen LogP contribution in [0.4, 0.5) is 4.79 Å². The maximum absolute atomic E-state index is 13.0. The molecular weight excluding hydrogens is 394 g/mol. The van der Waals surface area contributed by atoms with Gasteiger partial charge >= 0.3 is 6.09 Å². The minimum absolute atomic E-state index is 0.214. The molecule has 1 aromatic carbocycles. The van der Waals surface area contributed by atoms with Gasteiger partial charge in [-0.3, -0.25) is 9.69 Å². The van der Waals surface area contributed by atoms with Gasteiger partial charge in [-0.1, -0.05) is 44.2 Å². The molecule has 1 aromatic rings. The van der Waals surface area contributed by atoms with Crippen LogP contribution in [0.5, 0.6) is 0 Å². The van der Waals surface area contributed by atoms with Crippen LogP contribution in [0.15, 0.2) is 30.3 Å². The standard InChI is InChI=1S/C24H39N3O4/c1-17(2)14-20(26-23(30)31-24(3,4)5)22(29)25-19-12-9-13-27(16-21(19)28)15-18-10-7-6-8-11-18/h6-8,10-11,17,19-21,28H,9,12-16H2,1-5H3,(H,25,29)(H,26,30)/t19?,20?,21-/m0/s1. The molecule has 0 spiro atoms. The topological polar surface area (TPSA) is 90.9 Å². The molecule has 7 nitrogen and oxygen atoms in total. The van der Waals surface area contributed by atoms with Crippen LogP contribution in [0.2, 0.25) is 0 Å². The lowest BCUT2D eigenvalue weighted by atomic mass is 10.0. The van der Waals surface area contributed by atoms with Crippen LogP contribution >= 0.6 is 0 Å². The number of hydrogen-bond acceptors (Lipinski definition) is 5. The van der Waals surface area contributed by atoms with Crippen molar-refractivity contribution in [3.8, 4) is 0 Å².